The minimum Gasteiger partial charge on any atom is -0.378 e. The molecule has 4 aromatic rings. The number of ether oxygens (including phenoxy) is 1. The molecule has 8 nitrogen and oxygen atoms in total. The number of alkyl halides is 2. The molecule has 1 saturated heterocycles. The maximum atomic E-state index is 13.5. The van der Waals surface area contributed by atoms with Crippen LogP contribution in [0.25, 0.3) is 16.9 Å². The number of morpholine rings is 1. The van der Waals surface area contributed by atoms with Gasteiger partial charge in [-0.2, -0.15) is 5.10 Å². The van der Waals surface area contributed by atoms with Crippen LogP contribution in [0.5, 0.6) is 0 Å². The summed E-state index contributed by atoms with van der Waals surface area (Å²) < 4.78 is 33.6. The summed E-state index contributed by atoms with van der Waals surface area (Å²) in [5.74, 6) is 0.678. The molecule has 0 unspecified atom stereocenters. The van der Waals surface area contributed by atoms with Crippen LogP contribution in [0.2, 0.25) is 0 Å². The molecule has 1 aromatic carbocycles. The lowest BCUT2D eigenvalue weighted by atomic mass is 10.0. The zero-order chi connectivity index (χ0) is 22.8. The first-order chi connectivity index (χ1) is 16.1. The van der Waals surface area contributed by atoms with Gasteiger partial charge in [-0.15, -0.1) is 0 Å². The zero-order valence-corrected chi connectivity index (χ0v) is 17.5. The Kier molecular flexibility index (Phi) is 5.66. The van der Waals surface area contributed by atoms with Gasteiger partial charge in [-0.3, -0.25) is 4.79 Å². The van der Waals surface area contributed by atoms with Crippen molar-refractivity contribution >= 4 is 23.2 Å². The standard InChI is InChI=1S/C23H20F2N6O2/c24-22(25)16-5-2-1-4-15(16)17-8-9-20-26-14-18(31(20)29-17)23(32)28-19-6-3-7-21(27-19)30-10-12-33-13-11-30/h1-9,14,22H,10-13H2,(H,27,28,32). The first-order valence-corrected chi connectivity index (χ1v) is 10.4. The highest BCUT2D eigenvalue weighted by Crippen LogP contribution is 2.30. The van der Waals surface area contributed by atoms with Crippen LogP contribution in [0.1, 0.15) is 22.5 Å². The number of benzene rings is 1. The van der Waals surface area contributed by atoms with Gasteiger partial charge >= 0.3 is 0 Å². The van der Waals surface area contributed by atoms with Crippen molar-refractivity contribution in [3.8, 4) is 11.3 Å². The van der Waals surface area contributed by atoms with Crippen molar-refractivity contribution in [2.45, 2.75) is 6.43 Å². The van der Waals surface area contributed by atoms with E-state index in [4.69, 9.17) is 4.74 Å². The molecule has 0 bridgehead atoms. The summed E-state index contributed by atoms with van der Waals surface area (Å²) in [4.78, 5) is 23.8. The number of halogens is 2. The van der Waals surface area contributed by atoms with Gasteiger partial charge in [0, 0.05) is 24.2 Å². The van der Waals surface area contributed by atoms with E-state index in [1.54, 1.807) is 36.4 Å². The monoisotopic (exact) mass is 450 g/mol. The van der Waals surface area contributed by atoms with Crippen molar-refractivity contribution < 1.29 is 18.3 Å². The van der Waals surface area contributed by atoms with E-state index in [1.165, 1.54) is 16.8 Å². The molecule has 1 fully saturated rings. The summed E-state index contributed by atoms with van der Waals surface area (Å²) >= 11 is 0. The molecule has 4 heterocycles. The van der Waals surface area contributed by atoms with Crippen LogP contribution in [0, 0.1) is 0 Å². The lowest BCUT2D eigenvalue weighted by Crippen LogP contribution is -2.36. The third kappa shape index (κ3) is 4.24. The number of nitrogens with one attached hydrogen (secondary N) is 1. The lowest BCUT2D eigenvalue weighted by Gasteiger charge is -2.27. The van der Waals surface area contributed by atoms with E-state index in [9.17, 15) is 13.6 Å². The molecule has 0 saturated carbocycles. The van der Waals surface area contributed by atoms with Crippen LogP contribution in [0.3, 0.4) is 0 Å². The molecule has 10 heteroatoms. The van der Waals surface area contributed by atoms with Crippen LogP contribution in [0.15, 0.2) is 60.8 Å². The third-order valence-corrected chi connectivity index (χ3v) is 5.38. The predicted molar refractivity (Wildman–Crippen MR) is 119 cm³/mol. The predicted octanol–water partition coefficient (Wildman–Crippen LogP) is 3.82. The van der Waals surface area contributed by atoms with Gasteiger partial charge in [0.1, 0.15) is 11.6 Å². The Balaban J connectivity index is 1.44. The van der Waals surface area contributed by atoms with Gasteiger partial charge in [-0.1, -0.05) is 30.3 Å². The first kappa shape index (κ1) is 21.0. The van der Waals surface area contributed by atoms with E-state index in [0.29, 0.717) is 35.9 Å². The number of imidazole rings is 1. The summed E-state index contributed by atoms with van der Waals surface area (Å²) in [6, 6.07) is 14.8. The van der Waals surface area contributed by atoms with E-state index < -0.39 is 12.3 Å². The van der Waals surface area contributed by atoms with E-state index in [2.05, 4.69) is 25.3 Å². The number of hydrogen-bond acceptors (Lipinski definition) is 6. The van der Waals surface area contributed by atoms with Crippen molar-refractivity contribution in [3.05, 3.63) is 72.1 Å². The summed E-state index contributed by atoms with van der Waals surface area (Å²) in [5.41, 5.74) is 1.08. The SMILES string of the molecule is O=C(Nc1cccc(N2CCOCC2)n1)c1cnc2ccc(-c3ccccc3C(F)F)nn12. The molecule has 1 aliphatic rings. The minimum absolute atomic E-state index is 0.125. The van der Waals surface area contributed by atoms with Crippen molar-refractivity contribution in [1.29, 1.82) is 0 Å². The van der Waals surface area contributed by atoms with E-state index in [0.717, 1.165) is 18.9 Å². The fourth-order valence-corrected chi connectivity index (χ4v) is 3.73. The molecule has 1 aliphatic heterocycles. The maximum absolute atomic E-state index is 13.5. The maximum Gasteiger partial charge on any atom is 0.277 e. The molecule has 0 spiro atoms. The summed E-state index contributed by atoms with van der Waals surface area (Å²) in [7, 11) is 0. The molecule has 0 aliphatic carbocycles. The summed E-state index contributed by atoms with van der Waals surface area (Å²) in [6.45, 7) is 2.71. The Bertz CT molecular complexity index is 1300. The third-order valence-electron chi connectivity index (χ3n) is 5.38. The highest BCUT2D eigenvalue weighted by Gasteiger charge is 2.19. The fraction of sp³-hybridized carbons (Fsp3) is 0.217. The smallest absolute Gasteiger partial charge is 0.277 e. The second kappa shape index (κ2) is 8.91. The number of carbonyl (C=O) groups is 1. The topological polar surface area (TPSA) is 84.7 Å². The average molecular weight is 450 g/mol. The van der Waals surface area contributed by atoms with Crippen LogP contribution >= 0.6 is 0 Å². The highest BCUT2D eigenvalue weighted by atomic mass is 19.3. The second-order valence-corrected chi connectivity index (χ2v) is 7.45. The number of amides is 1. The number of hydrogen-bond donors (Lipinski definition) is 1. The second-order valence-electron chi connectivity index (χ2n) is 7.45. The van der Waals surface area contributed by atoms with Crippen LogP contribution in [-0.2, 0) is 4.74 Å². The Labute approximate surface area is 187 Å². The van der Waals surface area contributed by atoms with Gasteiger partial charge in [-0.25, -0.2) is 23.3 Å². The number of aromatic nitrogens is 4. The van der Waals surface area contributed by atoms with Crippen LogP contribution in [-0.4, -0.2) is 51.8 Å². The number of fused-ring (bicyclic) bond motifs is 1. The minimum atomic E-state index is -2.64. The van der Waals surface area contributed by atoms with Gasteiger partial charge in [0.15, 0.2) is 11.3 Å². The fourth-order valence-electron chi connectivity index (χ4n) is 3.73. The van der Waals surface area contributed by atoms with Crippen molar-refractivity contribution in [1.82, 2.24) is 19.6 Å². The first-order valence-electron chi connectivity index (χ1n) is 10.4. The number of rotatable bonds is 5. The molecule has 5 rings (SSSR count). The van der Waals surface area contributed by atoms with Gasteiger partial charge in [0.05, 0.1) is 25.1 Å². The van der Waals surface area contributed by atoms with Crippen LogP contribution in [0.4, 0.5) is 20.4 Å². The quantitative estimate of drug-likeness (QED) is 0.498. The van der Waals surface area contributed by atoms with Crippen molar-refractivity contribution in [2.24, 2.45) is 0 Å². The Morgan fingerprint density at radius 2 is 1.85 bits per heavy atom. The molecular formula is C23H20F2N6O2. The Morgan fingerprint density at radius 1 is 1.03 bits per heavy atom. The van der Waals surface area contributed by atoms with Gasteiger partial charge < -0.3 is 15.0 Å². The van der Waals surface area contributed by atoms with Gasteiger partial charge in [-0.05, 0) is 24.3 Å². The molecule has 3 aromatic heterocycles. The summed E-state index contributed by atoms with van der Waals surface area (Å²) in [5, 5.41) is 7.20. The lowest BCUT2D eigenvalue weighted by molar-refractivity contribution is 0.101. The number of anilines is 2. The van der Waals surface area contributed by atoms with Crippen LogP contribution < -0.4 is 10.2 Å². The molecule has 0 atom stereocenters. The molecule has 33 heavy (non-hydrogen) atoms. The average Bonchev–Trinajstić information content (AvgIpc) is 3.28. The Hall–Kier alpha value is -3.92. The van der Waals surface area contributed by atoms with Gasteiger partial charge in [0.2, 0.25) is 0 Å². The molecule has 1 N–H and O–H groups in total. The zero-order valence-electron chi connectivity index (χ0n) is 17.5. The molecular weight excluding hydrogens is 430 g/mol. The van der Waals surface area contributed by atoms with E-state index in [-0.39, 0.29) is 11.3 Å². The number of pyridine rings is 1. The summed E-state index contributed by atoms with van der Waals surface area (Å²) in [6.07, 6.45) is -1.25. The molecule has 168 valence electrons. The Morgan fingerprint density at radius 3 is 2.67 bits per heavy atom. The van der Waals surface area contributed by atoms with Gasteiger partial charge in [0.25, 0.3) is 12.3 Å². The molecule has 1 amide bonds. The van der Waals surface area contributed by atoms with Crippen molar-refractivity contribution in [3.63, 3.8) is 0 Å². The normalized spacial score (nSPS) is 14.1. The largest absolute Gasteiger partial charge is 0.378 e. The highest BCUT2D eigenvalue weighted by molar-refractivity contribution is 6.03. The number of carbonyl (C=O) groups excluding carboxylic acids is 1. The number of nitrogens with zero attached hydrogens (tertiary/aromatic N) is 5. The van der Waals surface area contributed by atoms with Crippen molar-refractivity contribution in [2.75, 3.05) is 36.5 Å². The van der Waals surface area contributed by atoms with E-state index in [1.807, 2.05) is 12.1 Å². The van der Waals surface area contributed by atoms with E-state index >= 15 is 0 Å². The molecule has 0 radical (unpaired) electrons.